The fourth-order valence-corrected chi connectivity index (χ4v) is 4.08. The van der Waals surface area contributed by atoms with Gasteiger partial charge in [0.2, 0.25) is 5.91 Å². The highest BCUT2D eigenvalue weighted by molar-refractivity contribution is 7.80. The molecule has 0 saturated carbocycles. The van der Waals surface area contributed by atoms with Crippen molar-refractivity contribution >= 4 is 75.5 Å². The van der Waals surface area contributed by atoms with E-state index < -0.39 is 17.9 Å². The average Bonchev–Trinajstić information content (AvgIpc) is 2.91. The van der Waals surface area contributed by atoms with Crippen LogP contribution in [0.5, 0.6) is 0 Å². The van der Waals surface area contributed by atoms with E-state index in [1.54, 1.807) is 31.2 Å². The van der Waals surface area contributed by atoms with Crippen molar-refractivity contribution in [1.82, 2.24) is 15.3 Å². The standard InChI is InChI=1S/C20H17Cl3N4O3S/c1-2-26-19(30)16(10-17(28)24-15-8-13(22)7-14(23)9-15)27(20(26)31)25-18(29)11-3-5-12(21)6-4-11/h3-9,16H,2,10H2,1H3,(H,24,28)(H,25,29). The van der Waals surface area contributed by atoms with Crippen molar-refractivity contribution in [2.75, 3.05) is 11.9 Å². The number of halogens is 3. The molecule has 0 aliphatic carbocycles. The number of likely N-dealkylation sites (N-methyl/N-ethyl adjacent to an activating group) is 1. The van der Waals surface area contributed by atoms with Crippen molar-refractivity contribution < 1.29 is 14.4 Å². The van der Waals surface area contributed by atoms with Gasteiger partial charge in [0.15, 0.2) is 5.11 Å². The number of amides is 3. The number of hydrazine groups is 1. The summed E-state index contributed by atoms with van der Waals surface area (Å²) in [7, 11) is 0. The highest BCUT2D eigenvalue weighted by Gasteiger charge is 2.43. The van der Waals surface area contributed by atoms with E-state index in [-0.39, 0.29) is 17.4 Å². The van der Waals surface area contributed by atoms with E-state index in [4.69, 9.17) is 47.0 Å². The minimum atomic E-state index is -1.00. The van der Waals surface area contributed by atoms with E-state index in [1.807, 2.05) is 0 Å². The molecule has 162 valence electrons. The SMILES string of the molecule is CCN1C(=O)C(CC(=O)Nc2cc(Cl)cc(Cl)c2)N(NC(=O)c2ccc(Cl)cc2)C1=S. The van der Waals surface area contributed by atoms with Crippen LogP contribution in [-0.2, 0) is 9.59 Å². The van der Waals surface area contributed by atoms with Crippen LogP contribution < -0.4 is 10.7 Å². The van der Waals surface area contributed by atoms with Gasteiger partial charge in [-0.3, -0.25) is 24.7 Å². The molecule has 2 N–H and O–H groups in total. The topological polar surface area (TPSA) is 81.8 Å². The fourth-order valence-electron chi connectivity index (χ4n) is 3.03. The number of hydrogen-bond donors (Lipinski definition) is 2. The third-order valence-electron chi connectivity index (χ3n) is 4.47. The predicted molar refractivity (Wildman–Crippen MR) is 124 cm³/mol. The number of anilines is 1. The molecule has 1 unspecified atom stereocenters. The Morgan fingerprint density at radius 2 is 1.65 bits per heavy atom. The third kappa shape index (κ3) is 5.46. The molecule has 11 heteroatoms. The Kier molecular flexibility index (Phi) is 7.38. The Hall–Kier alpha value is -2.39. The summed E-state index contributed by atoms with van der Waals surface area (Å²) in [4.78, 5) is 39.4. The molecular weight excluding hydrogens is 483 g/mol. The van der Waals surface area contributed by atoms with E-state index in [1.165, 1.54) is 28.1 Å². The number of hydrogen-bond acceptors (Lipinski definition) is 4. The Balaban J connectivity index is 1.77. The number of carbonyl (C=O) groups is 3. The minimum Gasteiger partial charge on any atom is -0.326 e. The lowest BCUT2D eigenvalue weighted by Crippen LogP contribution is -2.49. The number of nitrogens with zero attached hydrogens (tertiary/aromatic N) is 2. The van der Waals surface area contributed by atoms with Gasteiger partial charge in [-0.25, -0.2) is 5.01 Å². The highest BCUT2D eigenvalue weighted by atomic mass is 35.5. The van der Waals surface area contributed by atoms with Crippen molar-refractivity contribution in [3.8, 4) is 0 Å². The largest absolute Gasteiger partial charge is 0.326 e. The number of thiocarbonyl (C=S) groups is 1. The van der Waals surface area contributed by atoms with Crippen LogP contribution in [0.2, 0.25) is 15.1 Å². The quantitative estimate of drug-likeness (QED) is 0.584. The Morgan fingerprint density at radius 1 is 1.03 bits per heavy atom. The second-order valence-electron chi connectivity index (χ2n) is 6.61. The molecule has 1 saturated heterocycles. The average molecular weight is 500 g/mol. The molecule has 1 aliphatic heterocycles. The van der Waals surface area contributed by atoms with Crippen molar-refractivity contribution in [3.63, 3.8) is 0 Å². The second-order valence-corrected chi connectivity index (χ2v) is 8.28. The first-order valence-corrected chi connectivity index (χ1v) is 10.7. The molecule has 0 spiro atoms. The summed E-state index contributed by atoms with van der Waals surface area (Å²) >= 11 is 23.1. The summed E-state index contributed by atoms with van der Waals surface area (Å²) in [5, 5.41) is 5.20. The molecule has 2 aromatic rings. The molecule has 0 radical (unpaired) electrons. The van der Waals surface area contributed by atoms with E-state index in [0.29, 0.717) is 32.9 Å². The van der Waals surface area contributed by atoms with Crippen LogP contribution in [0.4, 0.5) is 5.69 Å². The van der Waals surface area contributed by atoms with E-state index in [0.717, 1.165) is 0 Å². The van der Waals surface area contributed by atoms with Crippen molar-refractivity contribution in [2.45, 2.75) is 19.4 Å². The lowest BCUT2D eigenvalue weighted by Gasteiger charge is -2.24. The first-order chi connectivity index (χ1) is 14.7. The first kappa shape index (κ1) is 23.3. The fraction of sp³-hybridized carbons (Fsp3) is 0.200. The zero-order valence-corrected chi connectivity index (χ0v) is 19.3. The van der Waals surface area contributed by atoms with Gasteiger partial charge in [-0.2, -0.15) is 0 Å². The molecule has 31 heavy (non-hydrogen) atoms. The van der Waals surface area contributed by atoms with Crippen LogP contribution in [0.25, 0.3) is 0 Å². The normalized spacial score (nSPS) is 15.9. The first-order valence-electron chi connectivity index (χ1n) is 9.16. The third-order valence-corrected chi connectivity index (χ3v) is 5.57. The summed E-state index contributed by atoms with van der Waals surface area (Å²) in [5.74, 6) is -1.34. The van der Waals surface area contributed by atoms with Crippen molar-refractivity contribution in [3.05, 3.63) is 63.1 Å². The molecule has 1 fully saturated rings. The Bertz CT molecular complexity index is 1030. The van der Waals surface area contributed by atoms with Gasteiger partial charge in [-0.1, -0.05) is 34.8 Å². The second kappa shape index (κ2) is 9.82. The van der Waals surface area contributed by atoms with Crippen LogP contribution in [0.15, 0.2) is 42.5 Å². The predicted octanol–water partition coefficient (Wildman–Crippen LogP) is 4.14. The summed E-state index contributed by atoms with van der Waals surface area (Å²) in [6.45, 7) is 2.05. The molecule has 0 aromatic heterocycles. The van der Waals surface area contributed by atoms with Gasteiger partial charge in [0.05, 0.1) is 6.42 Å². The number of rotatable bonds is 6. The van der Waals surface area contributed by atoms with Gasteiger partial charge >= 0.3 is 0 Å². The van der Waals surface area contributed by atoms with Gasteiger partial charge < -0.3 is 5.32 Å². The molecule has 3 rings (SSSR count). The van der Waals surface area contributed by atoms with Gasteiger partial charge in [0.25, 0.3) is 11.8 Å². The molecule has 0 bridgehead atoms. The smallest absolute Gasteiger partial charge is 0.269 e. The van der Waals surface area contributed by atoms with Crippen LogP contribution in [0, 0.1) is 0 Å². The van der Waals surface area contributed by atoms with Crippen molar-refractivity contribution in [2.24, 2.45) is 0 Å². The number of nitrogens with one attached hydrogen (secondary N) is 2. The van der Waals surface area contributed by atoms with E-state index in [9.17, 15) is 14.4 Å². The Morgan fingerprint density at radius 3 is 2.23 bits per heavy atom. The Labute approximate surface area is 199 Å². The maximum Gasteiger partial charge on any atom is 0.269 e. The van der Waals surface area contributed by atoms with Gasteiger partial charge in [-0.15, -0.1) is 0 Å². The highest BCUT2D eigenvalue weighted by Crippen LogP contribution is 2.24. The number of benzene rings is 2. The zero-order valence-electron chi connectivity index (χ0n) is 16.2. The molecule has 1 heterocycles. The molecule has 3 amide bonds. The van der Waals surface area contributed by atoms with Gasteiger partial charge in [0.1, 0.15) is 6.04 Å². The molecule has 2 aromatic carbocycles. The van der Waals surface area contributed by atoms with Crippen LogP contribution in [0.3, 0.4) is 0 Å². The summed E-state index contributed by atoms with van der Waals surface area (Å²) in [6.07, 6.45) is -0.250. The maximum absolute atomic E-state index is 12.8. The lowest BCUT2D eigenvalue weighted by atomic mass is 10.1. The molecule has 7 nitrogen and oxygen atoms in total. The van der Waals surface area contributed by atoms with Gasteiger partial charge in [-0.05, 0) is 61.6 Å². The summed E-state index contributed by atoms with van der Waals surface area (Å²) in [6, 6.07) is 9.83. The maximum atomic E-state index is 12.8. The number of carbonyl (C=O) groups excluding carboxylic acids is 3. The monoisotopic (exact) mass is 498 g/mol. The molecule has 1 atom stereocenters. The van der Waals surface area contributed by atoms with Crippen LogP contribution in [-0.4, -0.2) is 45.3 Å². The summed E-state index contributed by atoms with van der Waals surface area (Å²) < 4.78 is 0. The lowest BCUT2D eigenvalue weighted by molar-refractivity contribution is -0.130. The van der Waals surface area contributed by atoms with Crippen LogP contribution >= 0.6 is 47.0 Å². The zero-order chi connectivity index (χ0) is 22.7. The summed E-state index contributed by atoms with van der Waals surface area (Å²) in [5.41, 5.74) is 3.34. The molecular formula is C20H17Cl3N4O3S. The van der Waals surface area contributed by atoms with E-state index >= 15 is 0 Å². The van der Waals surface area contributed by atoms with Crippen LogP contribution in [0.1, 0.15) is 23.7 Å². The van der Waals surface area contributed by atoms with Gasteiger partial charge in [0, 0.05) is 32.9 Å². The van der Waals surface area contributed by atoms with E-state index in [2.05, 4.69) is 10.7 Å². The molecule has 1 aliphatic rings. The minimum absolute atomic E-state index is 0.110. The van der Waals surface area contributed by atoms with Crippen molar-refractivity contribution in [1.29, 1.82) is 0 Å².